The Kier molecular flexibility index (Phi) is 3.26. The second kappa shape index (κ2) is 4.85. The minimum Gasteiger partial charge on any atom is -0.508 e. The molecule has 1 aromatic carbocycles. The van der Waals surface area contributed by atoms with Crippen molar-refractivity contribution in [1.82, 2.24) is 16.0 Å². The van der Waals surface area contributed by atoms with E-state index in [-0.39, 0.29) is 17.8 Å². The number of aromatic hydroxyl groups is 1. The van der Waals surface area contributed by atoms with Crippen molar-refractivity contribution in [2.75, 3.05) is 13.1 Å². The van der Waals surface area contributed by atoms with E-state index >= 15 is 0 Å². The van der Waals surface area contributed by atoms with Crippen LogP contribution >= 0.6 is 0 Å². The Hall–Kier alpha value is -1.75. The normalized spacial score (nSPS) is 15.2. The zero-order valence-corrected chi connectivity index (χ0v) is 8.86. The zero-order chi connectivity index (χ0) is 11.4. The maximum absolute atomic E-state index is 11.4. The predicted octanol–water partition coefficient (Wildman–Crippen LogP) is 0.163. The SMILES string of the molecule is O=C(NCc1ccc(O)cc1)NC1CNC1. The molecule has 5 heteroatoms. The summed E-state index contributed by atoms with van der Waals surface area (Å²) in [5.41, 5.74) is 0.958. The average molecular weight is 221 g/mol. The first-order chi connectivity index (χ1) is 7.74. The number of amides is 2. The first kappa shape index (κ1) is 10.8. The monoisotopic (exact) mass is 221 g/mol. The van der Waals surface area contributed by atoms with Crippen LogP contribution in [0.5, 0.6) is 5.75 Å². The fraction of sp³-hybridized carbons (Fsp3) is 0.364. The first-order valence-electron chi connectivity index (χ1n) is 5.27. The van der Waals surface area contributed by atoms with Crippen molar-refractivity contribution in [3.8, 4) is 5.75 Å². The fourth-order valence-corrected chi connectivity index (χ4v) is 1.42. The van der Waals surface area contributed by atoms with Gasteiger partial charge in [-0.2, -0.15) is 0 Å². The molecule has 1 aliphatic heterocycles. The quantitative estimate of drug-likeness (QED) is 0.587. The van der Waals surface area contributed by atoms with Crippen LogP contribution in [0.1, 0.15) is 5.56 Å². The molecule has 0 atom stereocenters. The molecule has 1 saturated heterocycles. The molecule has 2 amide bonds. The van der Waals surface area contributed by atoms with Gasteiger partial charge in [0.2, 0.25) is 0 Å². The zero-order valence-electron chi connectivity index (χ0n) is 8.86. The number of urea groups is 1. The molecule has 0 aliphatic carbocycles. The van der Waals surface area contributed by atoms with Crippen molar-refractivity contribution in [3.63, 3.8) is 0 Å². The van der Waals surface area contributed by atoms with E-state index in [1.54, 1.807) is 24.3 Å². The number of rotatable bonds is 3. The molecular weight excluding hydrogens is 206 g/mol. The molecule has 0 unspecified atom stereocenters. The molecule has 16 heavy (non-hydrogen) atoms. The maximum atomic E-state index is 11.4. The number of phenolic OH excluding ortho intramolecular Hbond substituents is 1. The van der Waals surface area contributed by atoms with Gasteiger partial charge in [0.15, 0.2) is 0 Å². The molecule has 0 aromatic heterocycles. The Labute approximate surface area is 93.9 Å². The number of nitrogens with one attached hydrogen (secondary N) is 3. The second-order valence-electron chi connectivity index (χ2n) is 3.85. The lowest BCUT2D eigenvalue weighted by atomic mass is 10.2. The number of hydrogen-bond acceptors (Lipinski definition) is 3. The molecule has 1 fully saturated rings. The van der Waals surface area contributed by atoms with Gasteiger partial charge in [-0.05, 0) is 17.7 Å². The molecule has 0 bridgehead atoms. The molecule has 5 nitrogen and oxygen atoms in total. The summed E-state index contributed by atoms with van der Waals surface area (Å²) < 4.78 is 0. The van der Waals surface area contributed by atoms with Gasteiger partial charge in [-0.3, -0.25) is 0 Å². The smallest absolute Gasteiger partial charge is 0.315 e. The minimum atomic E-state index is -0.153. The van der Waals surface area contributed by atoms with E-state index < -0.39 is 0 Å². The number of hydrogen-bond donors (Lipinski definition) is 4. The summed E-state index contributed by atoms with van der Waals surface area (Å²) in [7, 11) is 0. The van der Waals surface area contributed by atoms with Gasteiger partial charge < -0.3 is 21.1 Å². The van der Waals surface area contributed by atoms with Crippen LogP contribution in [0.15, 0.2) is 24.3 Å². The van der Waals surface area contributed by atoms with Gasteiger partial charge in [-0.1, -0.05) is 12.1 Å². The molecule has 0 saturated carbocycles. The largest absolute Gasteiger partial charge is 0.508 e. The van der Waals surface area contributed by atoms with E-state index in [2.05, 4.69) is 16.0 Å². The number of benzene rings is 1. The van der Waals surface area contributed by atoms with Crippen LogP contribution in [0.3, 0.4) is 0 Å². The van der Waals surface area contributed by atoms with E-state index in [0.717, 1.165) is 18.7 Å². The molecule has 0 spiro atoms. The van der Waals surface area contributed by atoms with Crippen LogP contribution in [-0.4, -0.2) is 30.3 Å². The lowest BCUT2D eigenvalue weighted by Crippen LogP contribution is -2.58. The molecule has 1 aromatic rings. The third-order valence-electron chi connectivity index (χ3n) is 2.51. The van der Waals surface area contributed by atoms with Crippen LogP contribution in [0.25, 0.3) is 0 Å². The van der Waals surface area contributed by atoms with E-state index in [4.69, 9.17) is 5.11 Å². The van der Waals surface area contributed by atoms with E-state index in [0.29, 0.717) is 6.54 Å². The van der Waals surface area contributed by atoms with Crippen LogP contribution in [0, 0.1) is 0 Å². The van der Waals surface area contributed by atoms with E-state index in [9.17, 15) is 4.79 Å². The fourth-order valence-electron chi connectivity index (χ4n) is 1.42. The summed E-state index contributed by atoms with van der Waals surface area (Å²) in [6.45, 7) is 2.14. The molecule has 86 valence electrons. The maximum Gasteiger partial charge on any atom is 0.315 e. The number of carbonyl (C=O) groups excluding carboxylic acids is 1. The highest BCUT2D eigenvalue weighted by molar-refractivity contribution is 5.74. The summed E-state index contributed by atoms with van der Waals surface area (Å²) in [5.74, 6) is 0.230. The summed E-state index contributed by atoms with van der Waals surface area (Å²) >= 11 is 0. The molecule has 1 heterocycles. The molecule has 0 radical (unpaired) electrons. The summed E-state index contributed by atoms with van der Waals surface area (Å²) in [6, 6.07) is 6.86. The first-order valence-corrected chi connectivity index (χ1v) is 5.27. The van der Waals surface area contributed by atoms with E-state index in [1.807, 2.05) is 0 Å². The Morgan fingerprint density at radius 3 is 2.62 bits per heavy atom. The lowest BCUT2D eigenvalue weighted by molar-refractivity contribution is 0.231. The van der Waals surface area contributed by atoms with Gasteiger partial charge in [0, 0.05) is 19.6 Å². The third-order valence-corrected chi connectivity index (χ3v) is 2.51. The van der Waals surface area contributed by atoms with Crippen molar-refractivity contribution in [2.45, 2.75) is 12.6 Å². The van der Waals surface area contributed by atoms with Crippen molar-refractivity contribution in [1.29, 1.82) is 0 Å². The standard InChI is InChI=1S/C11H15N3O2/c15-10-3-1-8(2-4-10)5-13-11(16)14-9-6-12-7-9/h1-4,9,12,15H,5-7H2,(H2,13,14,16). The summed E-state index contributed by atoms with van der Waals surface area (Å²) in [6.07, 6.45) is 0. The Morgan fingerprint density at radius 1 is 1.38 bits per heavy atom. The highest BCUT2D eigenvalue weighted by atomic mass is 16.3. The Bertz CT molecular complexity index is 360. The van der Waals surface area contributed by atoms with Gasteiger partial charge in [-0.25, -0.2) is 4.79 Å². The summed E-state index contributed by atoms with van der Waals surface area (Å²) in [5, 5.41) is 17.8. The van der Waals surface area contributed by atoms with Crippen molar-refractivity contribution in [2.24, 2.45) is 0 Å². The molecule has 2 rings (SSSR count). The third kappa shape index (κ3) is 2.87. The van der Waals surface area contributed by atoms with Gasteiger partial charge in [0.1, 0.15) is 5.75 Å². The molecule has 4 N–H and O–H groups in total. The minimum absolute atomic E-state index is 0.153. The summed E-state index contributed by atoms with van der Waals surface area (Å²) in [4.78, 5) is 11.4. The predicted molar refractivity (Wildman–Crippen MR) is 60.1 cm³/mol. The Balaban J connectivity index is 1.73. The number of carbonyl (C=O) groups is 1. The van der Waals surface area contributed by atoms with Gasteiger partial charge >= 0.3 is 6.03 Å². The van der Waals surface area contributed by atoms with Crippen molar-refractivity contribution in [3.05, 3.63) is 29.8 Å². The molecule has 1 aliphatic rings. The highest BCUT2D eigenvalue weighted by Gasteiger charge is 2.18. The highest BCUT2D eigenvalue weighted by Crippen LogP contribution is 2.08. The Morgan fingerprint density at radius 2 is 2.06 bits per heavy atom. The van der Waals surface area contributed by atoms with Crippen LogP contribution < -0.4 is 16.0 Å². The van der Waals surface area contributed by atoms with Crippen LogP contribution in [0.4, 0.5) is 4.79 Å². The molecular formula is C11H15N3O2. The van der Waals surface area contributed by atoms with Crippen LogP contribution in [-0.2, 0) is 6.54 Å². The number of phenols is 1. The lowest BCUT2D eigenvalue weighted by Gasteiger charge is -2.27. The van der Waals surface area contributed by atoms with Crippen molar-refractivity contribution >= 4 is 6.03 Å². The second-order valence-corrected chi connectivity index (χ2v) is 3.85. The average Bonchev–Trinajstić information content (AvgIpc) is 2.23. The van der Waals surface area contributed by atoms with E-state index in [1.165, 1.54) is 0 Å². The van der Waals surface area contributed by atoms with Crippen molar-refractivity contribution < 1.29 is 9.90 Å². The van der Waals surface area contributed by atoms with Gasteiger partial charge in [0.25, 0.3) is 0 Å². The van der Waals surface area contributed by atoms with Gasteiger partial charge in [0.05, 0.1) is 6.04 Å². The topological polar surface area (TPSA) is 73.4 Å². The van der Waals surface area contributed by atoms with Gasteiger partial charge in [-0.15, -0.1) is 0 Å². The van der Waals surface area contributed by atoms with Crippen LogP contribution in [0.2, 0.25) is 0 Å².